The first-order valence-electron chi connectivity index (χ1n) is 9.56. The molecule has 29 heavy (non-hydrogen) atoms. The minimum absolute atomic E-state index is 0.0793. The van der Waals surface area contributed by atoms with E-state index in [1.54, 1.807) is 45.0 Å². The summed E-state index contributed by atoms with van der Waals surface area (Å²) in [6, 6.07) is 14.5. The Morgan fingerprint density at radius 1 is 0.828 bits per heavy atom. The molecule has 0 aliphatic rings. The molecule has 0 radical (unpaired) electrons. The van der Waals surface area contributed by atoms with E-state index in [0.717, 1.165) is 5.56 Å². The topological polar surface area (TPSA) is 76.7 Å². The Balaban J connectivity index is 1.90. The van der Waals surface area contributed by atoms with Crippen LogP contribution in [0.3, 0.4) is 0 Å². The number of carbonyl (C=O) groups excluding carboxylic acids is 2. The molecule has 0 spiro atoms. The van der Waals surface area contributed by atoms with E-state index in [-0.39, 0.29) is 17.9 Å². The van der Waals surface area contributed by atoms with Gasteiger partial charge in [-0.15, -0.1) is 0 Å². The average molecular weight is 399 g/mol. The minimum atomic E-state index is -0.566. The van der Waals surface area contributed by atoms with Crippen LogP contribution >= 0.6 is 0 Å². The van der Waals surface area contributed by atoms with Crippen LogP contribution in [0, 0.1) is 0 Å². The first kappa shape index (κ1) is 22.3. The molecular weight excluding hydrogens is 368 g/mol. The number of nitrogens with one attached hydrogen (secondary N) is 2. The van der Waals surface area contributed by atoms with Crippen molar-refractivity contribution in [3.8, 4) is 5.75 Å². The SMILES string of the molecule is CC(C)(C)OC(=O)Nc1ccc(NC(=O)COc2ccccc2C(C)(C)C)cc1. The summed E-state index contributed by atoms with van der Waals surface area (Å²) in [7, 11) is 0. The lowest BCUT2D eigenvalue weighted by molar-refractivity contribution is -0.118. The molecule has 0 aromatic heterocycles. The van der Waals surface area contributed by atoms with Gasteiger partial charge < -0.3 is 14.8 Å². The van der Waals surface area contributed by atoms with Crippen molar-refractivity contribution in [2.45, 2.75) is 52.6 Å². The molecule has 156 valence electrons. The first-order valence-corrected chi connectivity index (χ1v) is 9.56. The van der Waals surface area contributed by atoms with Gasteiger partial charge >= 0.3 is 6.09 Å². The van der Waals surface area contributed by atoms with Crippen LogP contribution in [0.25, 0.3) is 0 Å². The van der Waals surface area contributed by atoms with Crippen molar-refractivity contribution < 1.29 is 19.1 Å². The smallest absolute Gasteiger partial charge is 0.412 e. The summed E-state index contributed by atoms with van der Waals surface area (Å²) in [4.78, 5) is 24.0. The lowest BCUT2D eigenvalue weighted by atomic mass is 9.86. The molecule has 0 fully saturated rings. The van der Waals surface area contributed by atoms with E-state index in [1.807, 2.05) is 24.3 Å². The quantitative estimate of drug-likeness (QED) is 0.712. The van der Waals surface area contributed by atoms with Crippen molar-refractivity contribution in [2.24, 2.45) is 0 Å². The van der Waals surface area contributed by atoms with E-state index in [1.165, 1.54) is 0 Å². The Labute approximate surface area is 172 Å². The van der Waals surface area contributed by atoms with E-state index >= 15 is 0 Å². The Bertz CT molecular complexity index is 846. The van der Waals surface area contributed by atoms with Crippen molar-refractivity contribution in [3.63, 3.8) is 0 Å². The number of hydrogen-bond donors (Lipinski definition) is 2. The maximum absolute atomic E-state index is 12.2. The van der Waals surface area contributed by atoms with Gasteiger partial charge in [0.2, 0.25) is 0 Å². The van der Waals surface area contributed by atoms with Crippen LogP contribution in [0.4, 0.5) is 16.2 Å². The molecule has 0 atom stereocenters. The fourth-order valence-corrected chi connectivity index (χ4v) is 2.61. The fourth-order valence-electron chi connectivity index (χ4n) is 2.61. The van der Waals surface area contributed by atoms with Crippen LogP contribution < -0.4 is 15.4 Å². The molecule has 0 aliphatic heterocycles. The number of anilines is 2. The number of ether oxygens (including phenoxy) is 2. The second-order valence-electron chi connectivity index (χ2n) is 8.79. The Morgan fingerprint density at radius 3 is 1.93 bits per heavy atom. The zero-order valence-corrected chi connectivity index (χ0v) is 18.0. The highest BCUT2D eigenvalue weighted by molar-refractivity contribution is 5.92. The summed E-state index contributed by atoms with van der Waals surface area (Å²) >= 11 is 0. The van der Waals surface area contributed by atoms with Crippen molar-refractivity contribution in [1.82, 2.24) is 0 Å². The second kappa shape index (κ2) is 8.99. The summed E-state index contributed by atoms with van der Waals surface area (Å²) in [5.41, 5.74) is 1.59. The summed E-state index contributed by atoms with van der Waals surface area (Å²) in [6.07, 6.45) is -0.528. The monoisotopic (exact) mass is 398 g/mol. The summed E-state index contributed by atoms with van der Waals surface area (Å²) in [5.74, 6) is 0.439. The molecular formula is C23H30N2O4. The molecule has 0 saturated carbocycles. The third-order valence-corrected chi connectivity index (χ3v) is 3.87. The molecule has 0 saturated heterocycles. The summed E-state index contributed by atoms with van der Waals surface area (Å²) in [6.45, 7) is 11.6. The third-order valence-electron chi connectivity index (χ3n) is 3.87. The number of amides is 2. The van der Waals surface area contributed by atoms with Gasteiger partial charge in [-0.3, -0.25) is 10.1 Å². The largest absolute Gasteiger partial charge is 0.483 e. The van der Waals surface area contributed by atoms with Gasteiger partial charge in [0, 0.05) is 11.4 Å². The van der Waals surface area contributed by atoms with E-state index in [2.05, 4.69) is 31.4 Å². The number of benzene rings is 2. The van der Waals surface area contributed by atoms with E-state index in [9.17, 15) is 9.59 Å². The Morgan fingerprint density at radius 2 is 1.38 bits per heavy atom. The molecule has 6 nitrogen and oxygen atoms in total. The van der Waals surface area contributed by atoms with Gasteiger partial charge in [-0.25, -0.2) is 4.79 Å². The average Bonchev–Trinajstić information content (AvgIpc) is 2.59. The number of para-hydroxylation sites is 1. The zero-order valence-electron chi connectivity index (χ0n) is 18.0. The maximum atomic E-state index is 12.2. The molecule has 2 amide bonds. The van der Waals surface area contributed by atoms with Crippen LogP contribution in [-0.4, -0.2) is 24.2 Å². The van der Waals surface area contributed by atoms with Gasteiger partial charge in [0.25, 0.3) is 5.91 Å². The maximum Gasteiger partial charge on any atom is 0.412 e. The van der Waals surface area contributed by atoms with Crippen LogP contribution in [0.5, 0.6) is 5.75 Å². The lowest BCUT2D eigenvalue weighted by Gasteiger charge is -2.22. The molecule has 0 aliphatic carbocycles. The van der Waals surface area contributed by atoms with Gasteiger partial charge in [0.15, 0.2) is 6.61 Å². The Hall–Kier alpha value is -3.02. The van der Waals surface area contributed by atoms with Crippen molar-refractivity contribution >= 4 is 23.4 Å². The highest BCUT2D eigenvalue weighted by atomic mass is 16.6. The molecule has 2 aromatic carbocycles. The Kier molecular flexibility index (Phi) is 6.90. The number of hydrogen-bond acceptors (Lipinski definition) is 4. The molecule has 0 bridgehead atoms. The zero-order chi connectivity index (χ0) is 21.7. The van der Waals surface area contributed by atoms with Gasteiger partial charge in [0.05, 0.1) is 0 Å². The van der Waals surface area contributed by atoms with Crippen LogP contribution in [0.1, 0.15) is 47.1 Å². The number of rotatable bonds is 5. The minimum Gasteiger partial charge on any atom is -0.483 e. The van der Waals surface area contributed by atoms with Crippen molar-refractivity contribution in [3.05, 3.63) is 54.1 Å². The molecule has 2 rings (SSSR count). The first-order chi connectivity index (χ1) is 13.4. The third kappa shape index (κ3) is 7.49. The van der Waals surface area contributed by atoms with Crippen molar-refractivity contribution in [1.29, 1.82) is 0 Å². The van der Waals surface area contributed by atoms with Crippen LogP contribution in [0.15, 0.2) is 48.5 Å². The molecule has 6 heteroatoms. The summed E-state index contributed by atoms with van der Waals surface area (Å²) in [5, 5.41) is 5.43. The van der Waals surface area contributed by atoms with Gasteiger partial charge in [0.1, 0.15) is 11.4 Å². The van der Waals surface area contributed by atoms with Crippen LogP contribution in [0.2, 0.25) is 0 Å². The highest BCUT2D eigenvalue weighted by Gasteiger charge is 2.19. The molecule has 0 heterocycles. The predicted molar refractivity (Wildman–Crippen MR) is 116 cm³/mol. The predicted octanol–water partition coefficient (Wildman–Crippen LogP) is 5.35. The standard InChI is InChI=1S/C23H30N2O4/c1-22(2,3)18-9-7-8-10-19(18)28-15-20(26)24-16-11-13-17(14-12-16)25-21(27)29-23(4,5)6/h7-14H,15H2,1-6H3,(H,24,26)(H,25,27). The second-order valence-corrected chi connectivity index (χ2v) is 8.79. The molecule has 2 N–H and O–H groups in total. The van der Waals surface area contributed by atoms with E-state index < -0.39 is 11.7 Å². The van der Waals surface area contributed by atoms with Crippen molar-refractivity contribution in [2.75, 3.05) is 17.2 Å². The number of carbonyl (C=O) groups is 2. The van der Waals surface area contributed by atoms with E-state index in [0.29, 0.717) is 17.1 Å². The molecule has 0 unspecified atom stereocenters. The van der Waals surface area contributed by atoms with Gasteiger partial charge in [-0.2, -0.15) is 0 Å². The fraction of sp³-hybridized carbons (Fsp3) is 0.391. The normalized spacial score (nSPS) is 11.5. The van der Waals surface area contributed by atoms with Gasteiger partial charge in [-0.1, -0.05) is 39.0 Å². The molecule has 2 aromatic rings. The van der Waals surface area contributed by atoms with Crippen LogP contribution in [-0.2, 0) is 14.9 Å². The van der Waals surface area contributed by atoms with Gasteiger partial charge in [-0.05, 0) is 62.1 Å². The lowest BCUT2D eigenvalue weighted by Crippen LogP contribution is -2.27. The van der Waals surface area contributed by atoms with E-state index in [4.69, 9.17) is 9.47 Å². The summed E-state index contributed by atoms with van der Waals surface area (Å²) < 4.78 is 10.9. The highest BCUT2D eigenvalue weighted by Crippen LogP contribution is 2.30.